The van der Waals surface area contributed by atoms with Crippen LogP contribution >= 0.6 is 0 Å². The van der Waals surface area contributed by atoms with Crippen LogP contribution in [-0.2, 0) is 13.6 Å². The molecule has 1 atom stereocenters. The van der Waals surface area contributed by atoms with Gasteiger partial charge in [0.05, 0.1) is 5.69 Å². The third-order valence-corrected chi connectivity index (χ3v) is 3.58. The Bertz CT molecular complexity index is 554. The van der Waals surface area contributed by atoms with E-state index in [0.717, 1.165) is 12.2 Å². The van der Waals surface area contributed by atoms with Gasteiger partial charge in [-0.05, 0) is 31.5 Å². The van der Waals surface area contributed by atoms with Gasteiger partial charge in [0, 0.05) is 51.2 Å². The summed E-state index contributed by atoms with van der Waals surface area (Å²) >= 11 is 0. The molecule has 0 aliphatic rings. The van der Waals surface area contributed by atoms with E-state index in [4.69, 9.17) is 0 Å². The summed E-state index contributed by atoms with van der Waals surface area (Å²) in [7, 11) is 6.07. The van der Waals surface area contributed by atoms with Crippen molar-refractivity contribution in [3.05, 3.63) is 47.3 Å². The molecule has 0 spiro atoms. The molecule has 1 unspecified atom stereocenters. The molecule has 0 bridgehead atoms. The summed E-state index contributed by atoms with van der Waals surface area (Å²) in [6.07, 6.45) is 2.09. The minimum Gasteiger partial charge on any atom is -0.378 e. The van der Waals surface area contributed by atoms with Gasteiger partial charge in [-0.3, -0.25) is 4.68 Å². The molecule has 1 heterocycles. The molecular weight excluding hydrogens is 248 g/mol. The Kier molecular flexibility index (Phi) is 4.45. The monoisotopic (exact) mass is 272 g/mol. The molecule has 4 heteroatoms. The zero-order chi connectivity index (χ0) is 14.7. The van der Waals surface area contributed by atoms with Gasteiger partial charge < -0.3 is 10.2 Å². The van der Waals surface area contributed by atoms with Crippen LogP contribution < -0.4 is 10.2 Å². The van der Waals surface area contributed by atoms with Crippen molar-refractivity contribution in [3.63, 3.8) is 0 Å². The number of anilines is 1. The fourth-order valence-corrected chi connectivity index (χ4v) is 2.34. The zero-order valence-corrected chi connectivity index (χ0v) is 13.0. The van der Waals surface area contributed by atoms with Crippen molar-refractivity contribution in [3.8, 4) is 0 Å². The number of nitrogens with zero attached hydrogens (tertiary/aromatic N) is 3. The Morgan fingerprint density at radius 3 is 2.40 bits per heavy atom. The second-order valence-electron chi connectivity index (χ2n) is 5.51. The molecule has 108 valence electrons. The van der Waals surface area contributed by atoms with Crippen LogP contribution in [0.1, 0.15) is 29.8 Å². The fraction of sp³-hybridized carbons (Fsp3) is 0.438. The van der Waals surface area contributed by atoms with Crippen molar-refractivity contribution in [2.24, 2.45) is 7.05 Å². The first-order valence-electron chi connectivity index (χ1n) is 6.97. The van der Waals surface area contributed by atoms with Gasteiger partial charge in [0.15, 0.2) is 0 Å². The van der Waals surface area contributed by atoms with E-state index in [2.05, 4.69) is 73.7 Å². The second-order valence-corrected chi connectivity index (χ2v) is 5.51. The van der Waals surface area contributed by atoms with Crippen molar-refractivity contribution >= 4 is 5.69 Å². The molecule has 2 aromatic rings. The van der Waals surface area contributed by atoms with E-state index in [1.54, 1.807) is 0 Å². The van der Waals surface area contributed by atoms with Gasteiger partial charge in [-0.15, -0.1) is 0 Å². The number of aromatic nitrogens is 2. The summed E-state index contributed by atoms with van der Waals surface area (Å²) in [5, 5.41) is 7.94. The Hall–Kier alpha value is -1.81. The smallest absolute Gasteiger partial charge is 0.0641 e. The number of hydrogen-bond acceptors (Lipinski definition) is 3. The van der Waals surface area contributed by atoms with Gasteiger partial charge in [-0.2, -0.15) is 5.10 Å². The number of hydrogen-bond donors (Lipinski definition) is 1. The molecule has 0 saturated carbocycles. The summed E-state index contributed by atoms with van der Waals surface area (Å²) in [4.78, 5) is 2.11. The Morgan fingerprint density at radius 2 is 1.90 bits per heavy atom. The van der Waals surface area contributed by atoms with E-state index in [1.165, 1.54) is 16.8 Å². The van der Waals surface area contributed by atoms with Gasteiger partial charge in [0.1, 0.15) is 0 Å². The van der Waals surface area contributed by atoms with Crippen molar-refractivity contribution in [1.82, 2.24) is 15.1 Å². The number of benzene rings is 1. The van der Waals surface area contributed by atoms with Crippen LogP contribution in [0.2, 0.25) is 0 Å². The van der Waals surface area contributed by atoms with Crippen LogP contribution in [0.3, 0.4) is 0 Å². The van der Waals surface area contributed by atoms with Crippen LogP contribution in [0, 0.1) is 6.92 Å². The molecule has 20 heavy (non-hydrogen) atoms. The topological polar surface area (TPSA) is 33.1 Å². The fourth-order valence-electron chi connectivity index (χ4n) is 2.34. The van der Waals surface area contributed by atoms with Crippen molar-refractivity contribution in [1.29, 1.82) is 0 Å². The number of rotatable bonds is 5. The average molecular weight is 272 g/mol. The summed E-state index contributed by atoms with van der Waals surface area (Å²) in [5.74, 6) is 0. The van der Waals surface area contributed by atoms with Gasteiger partial charge in [-0.25, -0.2) is 0 Å². The lowest BCUT2D eigenvalue weighted by molar-refractivity contribution is 0.572. The molecule has 1 N–H and O–H groups in total. The molecular formula is C16H24N4. The van der Waals surface area contributed by atoms with E-state index in [1.807, 2.05) is 11.7 Å². The summed E-state index contributed by atoms with van der Waals surface area (Å²) in [6.45, 7) is 5.10. The van der Waals surface area contributed by atoms with Crippen LogP contribution in [0.25, 0.3) is 0 Å². The number of nitrogens with one attached hydrogen (secondary N) is 1. The lowest BCUT2D eigenvalue weighted by Gasteiger charge is -2.15. The molecule has 0 radical (unpaired) electrons. The molecule has 0 aliphatic heterocycles. The summed E-state index contributed by atoms with van der Waals surface area (Å²) in [5.41, 5.74) is 4.88. The lowest BCUT2D eigenvalue weighted by atomic mass is 10.1. The van der Waals surface area contributed by atoms with E-state index in [-0.39, 0.29) is 0 Å². The quantitative estimate of drug-likeness (QED) is 0.908. The predicted octanol–water partition coefficient (Wildman–Crippen LogP) is 2.65. The summed E-state index contributed by atoms with van der Waals surface area (Å²) in [6, 6.07) is 8.95. The van der Waals surface area contributed by atoms with Gasteiger partial charge >= 0.3 is 0 Å². The van der Waals surface area contributed by atoms with Gasteiger partial charge in [-0.1, -0.05) is 12.1 Å². The highest BCUT2D eigenvalue weighted by Gasteiger charge is 2.11. The van der Waals surface area contributed by atoms with Gasteiger partial charge in [0.2, 0.25) is 0 Å². The molecule has 0 aliphatic carbocycles. The van der Waals surface area contributed by atoms with Crippen molar-refractivity contribution in [2.45, 2.75) is 26.4 Å². The summed E-state index contributed by atoms with van der Waals surface area (Å²) < 4.78 is 1.87. The van der Waals surface area contributed by atoms with Gasteiger partial charge in [0.25, 0.3) is 0 Å². The van der Waals surface area contributed by atoms with Crippen molar-refractivity contribution < 1.29 is 0 Å². The predicted molar refractivity (Wildman–Crippen MR) is 84.0 cm³/mol. The zero-order valence-electron chi connectivity index (χ0n) is 13.0. The largest absolute Gasteiger partial charge is 0.378 e. The molecule has 0 fully saturated rings. The third-order valence-electron chi connectivity index (χ3n) is 3.58. The first-order chi connectivity index (χ1) is 9.47. The highest BCUT2D eigenvalue weighted by atomic mass is 15.3. The molecule has 0 amide bonds. The van der Waals surface area contributed by atoms with E-state index in [0.29, 0.717) is 6.04 Å². The van der Waals surface area contributed by atoms with E-state index < -0.39 is 0 Å². The lowest BCUT2D eigenvalue weighted by Crippen LogP contribution is -2.18. The van der Waals surface area contributed by atoms with Crippen LogP contribution in [0.15, 0.2) is 30.5 Å². The maximum Gasteiger partial charge on any atom is 0.0641 e. The Labute approximate surface area is 121 Å². The molecule has 1 aromatic heterocycles. The first kappa shape index (κ1) is 14.6. The Balaban J connectivity index is 1.96. The normalized spacial score (nSPS) is 12.4. The van der Waals surface area contributed by atoms with Crippen LogP contribution in [-0.4, -0.2) is 23.9 Å². The molecule has 4 nitrogen and oxygen atoms in total. The second kappa shape index (κ2) is 6.09. The van der Waals surface area contributed by atoms with Crippen LogP contribution in [0.5, 0.6) is 0 Å². The average Bonchev–Trinajstić information content (AvgIpc) is 2.75. The van der Waals surface area contributed by atoms with E-state index in [9.17, 15) is 0 Å². The minimum atomic E-state index is 0.303. The standard InChI is InChI=1S/C16H24N4/c1-12(16-11-20(5)18-13(16)2)17-10-14-6-8-15(9-7-14)19(3)4/h6-9,11-12,17H,10H2,1-5H3. The molecule has 0 saturated heterocycles. The molecule has 2 rings (SSSR count). The third kappa shape index (κ3) is 3.39. The maximum atomic E-state index is 4.39. The molecule has 1 aromatic carbocycles. The van der Waals surface area contributed by atoms with E-state index >= 15 is 0 Å². The highest BCUT2D eigenvalue weighted by Crippen LogP contribution is 2.17. The first-order valence-corrected chi connectivity index (χ1v) is 6.97. The highest BCUT2D eigenvalue weighted by molar-refractivity contribution is 5.45. The van der Waals surface area contributed by atoms with Crippen LogP contribution in [0.4, 0.5) is 5.69 Å². The number of aryl methyl sites for hydroxylation is 2. The van der Waals surface area contributed by atoms with Crippen molar-refractivity contribution in [2.75, 3.05) is 19.0 Å². The SMILES string of the molecule is Cc1nn(C)cc1C(C)NCc1ccc(N(C)C)cc1. The minimum absolute atomic E-state index is 0.303. The Morgan fingerprint density at radius 1 is 1.25 bits per heavy atom. The maximum absolute atomic E-state index is 4.39.